The SMILES string of the molecule is CCCCCCC/C=C\C/C=C\CCCCCCCCCCCCCCCCCCCCCCCCCCCCCCCC(=O)OC(COC(=O)CCCCCCCCCCCCCCCCCCCCCCCC)COC(OCC[N+](C)(C)C)C(=O)[O-]. The van der Waals surface area contributed by atoms with Crippen molar-refractivity contribution in [3.8, 4) is 0 Å². The van der Waals surface area contributed by atoms with Crippen LogP contribution in [0.1, 0.15) is 406 Å². The molecule has 0 saturated heterocycles. The van der Waals surface area contributed by atoms with Crippen molar-refractivity contribution < 1.29 is 42.9 Å². The van der Waals surface area contributed by atoms with Crippen LogP contribution in [0.2, 0.25) is 0 Å². The molecule has 2 atom stereocenters. The summed E-state index contributed by atoms with van der Waals surface area (Å²) in [5.74, 6) is -2.24. The van der Waals surface area contributed by atoms with Gasteiger partial charge in [-0.1, -0.05) is 372 Å². The molecule has 0 amide bonds. The molecule has 2 unspecified atom stereocenters. The van der Waals surface area contributed by atoms with Gasteiger partial charge in [0.05, 0.1) is 40.3 Å². The number of quaternary nitrogens is 1. The van der Waals surface area contributed by atoms with Gasteiger partial charge in [-0.3, -0.25) is 9.59 Å². The Hall–Kier alpha value is -2.23. The van der Waals surface area contributed by atoms with Gasteiger partial charge in [-0.05, 0) is 44.9 Å². The second-order valence-corrected chi connectivity index (χ2v) is 28.0. The van der Waals surface area contributed by atoms with E-state index in [1.807, 2.05) is 21.1 Å². The van der Waals surface area contributed by atoms with E-state index in [1.54, 1.807) is 0 Å². The van der Waals surface area contributed by atoms with Crippen LogP contribution in [-0.4, -0.2) is 82.3 Å². The normalized spacial score (nSPS) is 12.7. The Morgan fingerprint density at radius 3 is 0.898 bits per heavy atom. The average Bonchev–Trinajstić information content (AvgIpc) is 3.55. The maximum Gasteiger partial charge on any atom is 0.306 e. The van der Waals surface area contributed by atoms with Gasteiger partial charge >= 0.3 is 11.9 Å². The molecular formula is C79H151NO8. The second kappa shape index (κ2) is 70.6. The first kappa shape index (κ1) is 85.8. The lowest BCUT2D eigenvalue weighted by Gasteiger charge is -2.26. The molecule has 0 saturated carbocycles. The van der Waals surface area contributed by atoms with Gasteiger partial charge in [0.15, 0.2) is 12.4 Å². The zero-order valence-electron chi connectivity index (χ0n) is 59.6. The fourth-order valence-corrected chi connectivity index (χ4v) is 12.0. The molecule has 0 aromatic carbocycles. The minimum atomic E-state index is -1.62. The van der Waals surface area contributed by atoms with Crippen molar-refractivity contribution in [1.29, 1.82) is 0 Å². The van der Waals surface area contributed by atoms with Gasteiger partial charge in [0.1, 0.15) is 13.2 Å². The summed E-state index contributed by atoms with van der Waals surface area (Å²) in [7, 11) is 5.95. The molecule has 0 heterocycles. The molecule has 88 heavy (non-hydrogen) atoms. The van der Waals surface area contributed by atoms with E-state index in [9.17, 15) is 19.5 Å². The summed E-state index contributed by atoms with van der Waals surface area (Å²) in [4.78, 5) is 37.5. The highest BCUT2D eigenvalue weighted by Crippen LogP contribution is 2.20. The molecule has 0 rings (SSSR count). The number of rotatable bonds is 74. The van der Waals surface area contributed by atoms with Crippen LogP contribution in [0.15, 0.2) is 24.3 Å². The number of carbonyl (C=O) groups excluding carboxylic acids is 3. The number of hydrogen-bond acceptors (Lipinski definition) is 8. The molecule has 0 aliphatic heterocycles. The molecule has 0 fully saturated rings. The Bertz CT molecular complexity index is 1490. The molecule has 520 valence electrons. The summed E-state index contributed by atoms with van der Waals surface area (Å²) in [6, 6.07) is 0. The molecule has 9 heteroatoms. The Labute approximate surface area is 548 Å². The summed E-state index contributed by atoms with van der Waals surface area (Å²) in [6.07, 6.45) is 85.9. The van der Waals surface area contributed by atoms with E-state index in [0.717, 1.165) is 44.9 Å². The number of likely N-dealkylation sites (N-methyl/N-ethyl adjacent to an activating group) is 1. The van der Waals surface area contributed by atoms with Crippen molar-refractivity contribution in [3.05, 3.63) is 24.3 Å². The summed E-state index contributed by atoms with van der Waals surface area (Å²) < 4.78 is 22.9. The van der Waals surface area contributed by atoms with Crippen molar-refractivity contribution in [2.45, 2.75) is 418 Å². The molecule has 0 aromatic heterocycles. The predicted octanol–water partition coefficient (Wildman–Crippen LogP) is 23.2. The molecular weight excluding hydrogens is 1090 g/mol. The van der Waals surface area contributed by atoms with Crippen molar-refractivity contribution in [3.63, 3.8) is 0 Å². The van der Waals surface area contributed by atoms with Crippen LogP contribution in [0.4, 0.5) is 0 Å². The molecule has 0 aliphatic rings. The largest absolute Gasteiger partial charge is 0.545 e. The number of hydrogen-bond donors (Lipinski definition) is 0. The Kier molecular flexibility index (Phi) is 68.8. The van der Waals surface area contributed by atoms with Crippen molar-refractivity contribution in [1.82, 2.24) is 0 Å². The minimum Gasteiger partial charge on any atom is -0.545 e. The Morgan fingerprint density at radius 1 is 0.341 bits per heavy atom. The average molecular weight is 1240 g/mol. The third kappa shape index (κ3) is 71.2. The zero-order valence-corrected chi connectivity index (χ0v) is 59.6. The molecule has 0 aliphatic carbocycles. The minimum absolute atomic E-state index is 0.153. The van der Waals surface area contributed by atoms with Crippen molar-refractivity contribution in [2.75, 3.05) is 47.5 Å². The molecule has 9 nitrogen and oxygen atoms in total. The standard InChI is InChI=1S/C79H151NO8/c1-6-8-10-12-14-16-18-20-22-24-26-28-30-31-32-33-34-35-36-37-38-39-40-41-42-43-44-45-46-47-48-50-52-54-56-58-60-62-64-66-68-70-77(82)88-75(74-87-79(78(83)84)85-72-71-80(3,4)5)73-86-76(81)69-67-65-63-61-59-57-55-53-51-49-29-27-25-23-21-19-17-15-13-11-9-7-2/h18,20,24,26,75,79H,6-17,19,21-23,25,27-74H2,1-5H3/b20-18-,26-24-. The molecule has 0 bridgehead atoms. The van der Waals surface area contributed by atoms with E-state index in [0.29, 0.717) is 17.4 Å². The Balaban J connectivity index is 3.91. The first-order valence-electron chi connectivity index (χ1n) is 39.0. The highest BCUT2D eigenvalue weighted by Gasteiger charge is 2.22. The van der Waals surface area contributed by atoms with E-state index in [-0.39, 0.29) is 32.2 Å². The number of ether oxygens (including phenoxy) is 4. The summed E-state index contributed by atoms with van der Waals surface area (Å²) in [5.41, 5.74) is 0. The summed E-state index contributed by atoms with van der Waals surface area (Å²) in [5, 5.41) is 11.8. The van der Waals surface area contributed by atoms with Crippen molar-refractivity contribution in [2.24, 2.45) is 0 Å². The van der Waals surface area contributed by atoms with Crippen LogP contribution in [0.25, 0.3) is 0 Å². The topological polar surface area (TPSA) is 111 Å². The number of allylic oxidation sites excluding steroid dienone is 4. The lowest BCUT2D eigenvalue weighted by atomic mass is 10.0. The van der Waals surface area contributed by atoms with E-state index < -0.39 is 24.3 Å². The van der Waals surface area contributed by atoms with Gasteiger partial charge < -0.3 is 33.3 Å². The third-order valence-electron chi connectivity index (χ3n) is 18.0. The first-order valence-corrected chi connectivity index (χ1v) is 39.0. The molecule has 0 spiro atoms. The van der Waals surface area contributed by atoms with Gasteiger partial charge in [-0.15, -0.1) is 0 Å². The van der Waals surface area contributed by atoms with Gasteiger partial charge in [0.2, 0.25) is 0 Å². The van der Waals surface area contributed by atoms with Gasteiger partial charge in [-0.2, -0.15) is 0 Å². The van der Waals surface area contributed by atoms with Crippen LogP contribution in [0.5, 0.6) is 0 Å². The Morgan fingerprint density at radius 2 is 0.614 bits per heavy atom. The first-order chi connectivity index (χ1) is 43.1. The molecule has 0 radical (unpaired) electrons. The number of unbranched alkanes of at least 4 members (excludes halogenated alkanes) is 55. The maximum absolute atomic E-state index is 13.0. The number of aliphatic carboxylic acids is 1. The second-order valence-electron chi connectivity index (χ2n) is 28.0. The smallest absolute Gasteiger partial charge is 0.306 e. The molecule has 0 N–H and O–H groups in total. The fraction of sp³-hybridized carbons (Fsp3) is 0.911. The van der Waals surface area contributed by atoms with Crippen LogP contribution in [-0.2, 0) is 33.3 Å². The van der Waals surface area contributed by atoms with E-state index in [2.05, 4.69) is 38.2 Å². The van der Waals surface area contributed by atoms with Crippen LogP contribution >= 0.6 is 0 Å². The highest BCUT2D eigenvalue weighted by molar-refractivity contribution is 5.70. The van der Waals surface area contributed by atoms with E-state index in [1.165, 1.54) is 334 Å². The van der Waals surface area contributed by atoms with Gasteiger partial charge in [0, 0.05) is 12.8 Å². The lowest BCUT2D eigenvalue weighted by Crippen LogP contribution is -2.44. The van der Waals surface area contributed by atoms with Gasteiger partial charge in [-0.25, -0.2) is 0 Å². The maximum atomic E-state index is 13.0. The number of esters is 2. The van der Waals surface area contributed by atoms with Crippen LogP contribution in [0.3, 0.4) is 0 Å². The van der Waals surface area contributed by atoms with E-state index >= 15 is 0 Å². The van der Waals surface area contributed by atoms with E-state index in [4.69, 9.17) is 18.9 Å². The van der Waals surface area contributed by atoms with Crippen molar-refractivity contribution >= 4 is 17.9 Å². The van der Waals surface area contributed by atoms with Crippen LogP contribution in [0, 0.1) is 0 Å². The monoisotopic (exact) mass is 1240 g/mol. The third-order valence-corrected chi connectivity index (χ3v) is 18.0. The number of carboxylic acids is 1. The summed E-state index contributed by atoms with van der Waals surface area (Å²) >= 11 is 0. The quantitative estimate of drug-likeness (QED) is 0.0195. The van der Waals surface area contributed by atoms with Gasteiger partial charge in [0.25, 0.3) is 0 Å². The number of nitrogens with zero attached hydrogens (tertiary/aromatic N) is 1. The zero-order chi connectivity index (χ0) is 64.0. The number of carbonyl (C=O) groups is 3. The number of carboxylic acid groups (broad SMARTS) is 1. The highest BCUT2D eigenvalue weighted by atomic mass is 16.7. The molecule has 0 aromatic rings. The summed E-state index contributed by atoms with van der Waals surface area (Å²) in [6.45, 7) is 4.82. The lowest BCUT2D eigenvalue weighted by molar-refractivity contribution is -0.870. The van der Waals surface area contributed by atoms with Crippen LogP contribution < -0.4 is 5.11 Å². The fourth-order valence-electron chi connectivity index (χ4n) is 12.0. The predicted molar refractivity (Wildman–Crippen MR) is 376 cm³/mol.